The molecule has 1 heterocycles. The summed E-state index contributed by atoms with van der Waals surface area (Å²) in [6.45, 7) is 4.93. The first kappa shape index (κ1) is 10.6. The minimum absolute atomic E-state index is 0.499. The molecule has 0 saturated carbocycles. The summed E-state index contributed by atoms with van der Waals surface area (Å²) in [5.74, 6) is 3.46. The standard InChI is InChI=1S/C11H19NO/c1-3-5-11(12-4-2)10-6-8-13-9-7-10/h1,10-12H,4-9H2,2H3. The van der Waals surface area contributed by atoms with Crippen LogP contribution < -0.4 is 5.32 Å². The molecule has 0 amide bonds. The third kappa shape index (κ3) is 3.38. The summed E-state index contributed by atoms with van der Waals surface area (Å²) < 4.78 is 5.33. The molecule has 2 nitrogen and oxygen atoms in total. The number of hydrogen-bond donors (Lipinski definition) is 1. The number of hydrogen-bond acceptors (Lipinski definition) is 2. The Balaban J connectivity index is 2.37. The van der Waals surface area contributed by atoms with E-state index in [1.54, 1.807) is 0 Å². The van der Waals surface area contributed by atoms with Gasteiger partial charge in [0, 0.05) is 25.7 Å². The second kappa shape index (κ2) is 6.01. The summed E-state index contributed by atoms with van der Waals surface area (Å²) in [4.78, 5) is 0. The van der Waals surface area contributed by atoms with E-state index in [4.69, 9.17) is 11.2 Å². The Morgan fingerprint density at radius 2 is 2.23 bits per heavy atom. The van der Waals surface area contributed by atoms with Gasteiger partial charge in [0.15, 0.2) is 0 Å². The van der Waals surface area contributed by atoms with E-state index in [2.05, 4.69) is 18.2 Å². The molecule has 1 aliphatic heterocycles. The van der Waals surface area contributed by atoms with E-state index < -0.39 is 0 Å². The molecule has 0 radical (unpaired) electrons. The van der Waals surface area contributed by atoms with Crippen LogP contribution in [0.4, 0.5) is 0 Å². The van der Waals surface area contributed by atoms with Gasteiger partial charge < -0.3 is 10.1 Å². The lowest BCUT2D eigenvalue weighted by atomic mass is 9.90. The third-order valence-electron chi connectivity index (χ3n) is 2.64. The average molecular weight is 181 g/mol. The fraction of sp³-hybridized carbons (Fsp3) is 0.818. The summed E-state index contributed by atoms with van der Waals surface area (Å²) in [5, 5.41) is 3.46. The van der Waals surface area contributed by atoms with Crippen LogP contribution in [0.15, 0.2) is 0 Å². The molecule has 1 fully saturated rings. The molecule has 0 bridgehead atoms. The lowest BCUT2D eigenvalue weighted by Gasteiger charge is -2.29. The highest BCUT2D eigenvalue weighted by Gasteiger charge is 2.22. The largest absolute Gasteiger partial charge is 0.381 e. The van der Waals surface area contributed by atoms with Crippen LogP contribution in [-0.2, 0) is 4.74 Å². The SMILES string of the molecule is C#CCC(NCC)C1CCOCC1. The van der Waals surface area contributed by atoms with Crippen molar-refractivity contribution in [3.05, 3.63) is 0 Å². The second-order valence-corrected chi connectivity index (χ2v) is 3.52. The van der Waals surface area contributed by atoms with Gasteiger partial charge >= 0.3 is 0 Å². The van der Waals surface area contributed by atoms with Gasteiger partial charge in [0.2, 0.25) is 0 Å². The molecule has 1 rings (SSSR count). The molecule has 0 aromatic carbocycles. The first-order chi connectivity index (χ1) is 6.38. The lowest BCUT2D eigenvalue weighted by Crippen LogP contribution is -2.38. The van der Waals surface area contributed by atoms with Gasteiger partial charge in [-0.2, -0.15) is 0 Å². The summed E-state index contributed by atoms with van der Waals surface area (Å²) in [6.07, 6.45) is 8.50. The van der Waals surface area contributed by atoms with Crippen molar-refractivity contribution < 1.29 is 4.74 Å². The van der Waals surface area contributed by atoms with Crippen molar-refractivity contribution in [1.82, 2.24) is 5.32 Å². The van der Waals surface area contributed by atoms with Crippen LogP contribution in [0.3, 0.4) is 0 Å². The fourth-order valence-corrected chi connectivity index (χ4v) is 1.91. The van der Waals surface area contributed by atoms with Crippen molar-refractivity contribution in [3.63, 3.8) is 0 Å². The Morgan fingerprint density at radius 1 is 1.54 bits per heavy atom. The molecule has 1 unspecified atom stereocenters. The summed E-state index contributed by atoms with van der Waals surface area (Å²) in [6, 6.07) is 0.499. The number of ether oxygens (including phenoxy) is 1. The summed E-state index contributed by atoms with van der Waals surface area (Å²) >= 11 is 0. The van der Waals surface area contributed by atoms with Gasteiger partial charge in [-0.3, -0.25) is 0 Å². The lowest BCUT2D eigenvalue weighted by molar-refractivity contribution is 0.0546. The average Bonchev–Trinajstić information content (AvgIpc) is 2.19. The van der Waals surface area contributed by atoms with E-state index in [-0.39, 0.29) is 0 Å². The number of rotatable bonds is 4. The zero-order chi connectivity index (χ0) is 9.52. The Kier molecular flexibility index (Phi) is 4.88. The summed E-state index contributed by atoms with van der Waals surface area (Å²) in [7, 11) is 0. The van der Waals surface area contributed by atoms with Crippen LogP contribution in [0, 0.1) is 18.3 Å². The minimum Gasteiger partial charge on any atom is -0.381 e. The normalized spacial score (nSPS) is 20.9. The smallest absolute Gasteiger partial charge is 0.0469 e. The van der Waals surface area contributed by atoms with E-state index in [0.717, 1.165) is 39.0 Å². The third-order valence-corrected chi connectivity index (χ3v) is 2.64. The van der Waals surface area contributed by atoms with Crippen molar-refractivity contribution in [2.45, 2.75) is 32.2 Å². The second-order valence-electron chi connectivity index (χ2n) is 3.52. The number of terminal acetylenes is 1. The minimum atomic E-state index is 0.499. The molecule has 0 aromatic rings. The van der Waals surface area contributed by atoms with Crippen molar-refractivity contribution in [1.29, 1.82) is 0 Å². The molecule has 13 heavy (non-hydrogen) atoms. The van der Waals surface area contributed by atoms with Gasteiger partial charge in [0.1, 0.15) is 0 Å². The van der Waals surface area contributed by atoms with Crippen LogP contribution in [0.2, 0.25) is 0 Å². The monoisotopic (exact) mass is 181 g/mol. The van der Waals surface area contributed by atoms with E-state index in [1.807, 2.05) is 0 Å². The molecule has 0 aliphatic carbocycles. The molecule has 0 aromatic heterocycles. The number of nitrogens with one attached hydrogen (secondary N) is 1. The molecule has 1 aliphatic rings. The van der Waals surface area contributed by atoms with E-state index in [9.17, 15) is 0 Å². The Hall–Kier alpha value is -0.520. The van der Waals surface area contributed by atoms with E-state index >= 15 is 0 Å². The van der Waals surface area contributed by atoms with Crippen LogP contribution >= 0.6 is 0 Å². The fourth-order valence-electron chi connectivity index (χ4n) is 1.91. The Morgan fingerprint density at radius 3 is 2.77 bits per heavy atom. The van der Waals surface area contributed by atoms with Gasteiger partial charge in [0.25, 0.3) is 0 Å². The maximum atomic E-state index is 5.35. The van der Waals surface area contributed by atoms with Crippen molar-refractivity contribution in [3.8, 4) is 12.3 Å². The van der Waals surface area contributed by atoms with Gasteiger partial charge in [0.05, 0.1) is 0 Å². The highest BCUT2D eigenvalue weighted by atomic mass is 16.5. The van der Waals surface area contributed by atoms with Crippen LogP contribution in [0.25, 0.3) is 0 Å². The highest BCUT2D eigenvalue weighted by Crippen LogP contribution is 2.20. The Bertz CT molecular complexity index is 167. The molecule has 1 atom stereocenters. The predicted octanol–water partition coefficient (Wildman–Crippen LogP) is 1.41. The molecule has 0 spiro atoms. The topological polar surface area (TPSA) is 21.3 Å². The van der Waals surface area contributed by atoms with Crippen LogP contribution in [0.1, 0.15) is 26.2 Å². The highest BCUT2D eigenvalue weighted by molar-refractivity contribution is 4.92. The van der Waals surface area contributed by atoms with Crippen LogP contribution in [-0.4, -0.2) is 25.8 Å². The molecular weight excluding hydrogens is 162 g/mol. The van der Waals surface area contributed by atoms with Crippen molar-refractivity contribution in [2.24, 2.45) is 5.92 Å². The maximum absolute atomic E-state index is 5.35. The van der Waals surface area contributed by atoms with Gasteiger partial charge in [-0.1, -0.05) is 6.92 Å². The zero-order valence-corrected chi connectivity index (χ0v) is 8.38. The molecule has 1 saturated heterocycles. The van der Waals surface area contributed by atoms with Gasteiger partial charge in [-0.05, 0) is 25.3 Å². The Labute approximate surface area is 81.0 Å². The van der Waals surface area contributed by atoms with Crippen molar-refractivity contribution in [2.75, 3.05) is 19.8 Å². The molecule has 1 N–H and O–H groups in total. The van der Waals surface area contributed by atoms with Crippen LogP contribution in [0.5, 0.6) is 0 Å². The quantitative estimate of drug-likeness (QED) is 0.662. The predicted molar refractivity (Wildman–Crippen MR) is 54.5 cm³/mol. The molecule has 2 heteroatoms. The molecule has 74 valence electrons. The zero-order valence-electron chi connectivity index (χ0n) is 8.38. The van der Waals surface area contributed by atoms with E-state index in [0.29, 0.717) is 12.0 Å². The van der Waals surface area contributed by atoms with E-state index in [1.165, 1.54) is 0 Å². The first-order valence-electron chi connectivity index (χ1n) is 5.13. The first-order valence-corrected chi connectivity index (χ1v) is 5.13. The van der Waals surface area contributed by atoms with Gasteiger partial charge in [-0.25, -0.2) is 0 Å². The molecular formula is C11H19NO. The van der Waals surface area contributed by atoms with Crippen molar-refractivity contribution >= 4 is 0 Å². The summed E-state index contributed by atoms with van der Waals surface area (Å²) in [5.41, 5.74) is 0. The maximum Gasteiger partial charge on any atom is 0.0469 e. The van der Waals surface area contributed by atoms with Gasteiger partial charge in [-0.15, -0.1) is 12.3 Å².